The van der Waals surface area contributed by atoms with Crippen LogP contribution in [0.5, 0.6) is 5.75 Å². The van der Waals surface area contributed by atoms with Crippen molar-refractivity contribution >= 4 is 0 Å². The molecule has 1 heterocycles. The average Bonchev–Trinajstić information content (AvgIpc) is 3.02. The van der Waals surface area contributed by atoms with Gasteiger partial charge in [-0.05, 0) is 54.8 Å². The summed E-state index contributed by atoms with van der Waals surface area (Å²) in [5.41, 5.74) is 9.83. The smallest absolute Gasteiger partial charge is 0.170 e. The number of nitrogens with zero attached hydrogens (tertiary/aromatic N) is 6. The Balaban J connectivity index is 1.62. The second-order valence-corrected chi connectivity index (χ2v) is 7.26. The molecular formula is C19H26N6O. The highest BCUT2D eigenvalue weighted by atomic mass is 16.5. The van der Waals surface area contributed by atoms with Crippen molar-refractivity contribution in [1.29, 1.82) is 0 Å². The Bertz CT molecular complexity index is 785. The van der Waals surface area contributed by atoms with Gasteiger partial charge in [-0.3, -0.25) is 0 Å². The molecule has 1 aliphatic rings. The van der Waals surface area contributed by atoms with Crippen LogP contribution >= 0.6 is 0 Å². The molecule has 0 N–H and O–H groups in total. The predicted octanol–water partition coefficient (Wildman–Crippen LogP) is 4.85. The van der Waals surface area contributed by atoms with Crippen molar-refractivity contribution in [2.24, 2.45) is 12.2 Å². The number of aromatic nitrogens is 3. The minimum Gasteiger partial charge on any atom is -0.486 e. The molecule has 1 saturated carbocycles. The normalized spacial score (nSPS) is 20.0. The topological polar surface area (TPSA) is 88.7 Å². The molecule has 0 unspecified atom stereocenters. The summed E-state index contributed by atoms with van der Waals surface area (Å²) in [5, 5.41) is 12.6. The number of azide groups is 1. The SMILES string of the molecule is CC(C)c1cccc(OCc2nnc(C3CCC(N=[N+]=[N-])CC3)n2C)c1. The van der Waals surface area contributed by atoms with Crippen LogP contribution in [-0.2, 0) is 13.7 Å². The highest BCUT2D eigenvalue weighted by molar-refractivity contribution is 5.30. The van der Waals surface area contributed by atoms with Crippen LogP contribution < -0.4 is 4.74 Å². The van der Waals surface area contributed by atoms with Crippen LogP contribution in [-0.4, -0.2) is 20.8 Å². The third-order valence-electron chi connectivity index (χ3n) is 5.17. The van der Waals surface area contributed by atoms with E-state index in [4.69, 9.17) is 10.3 Å². The van der Waals surface area contributed by atoms with Gasteiger partial charge in [-0.1, -0.05) is 31.1 Å². The fraction of sp³-hybridized carbons (Fsp3) is 0.579. The molecule has 1 aliphatic carbocycles. The van der Waals surface area contributed by atoms with Gasteiger partial charge >= 0.3 is 0 Å². The highest BCUT2D eigenvalue weighted by Gasteiger charge is 2.25. The van der Waals surface area contributed by atoms with Crippen molar-refractivity contribution in [3.8, 4) is 5.75 Å². The second kappa shape index (κ2) is 8.23. The predicted molar refractivity (Wildman–Crippen MR) is 100 cm³/mol. The first kappa shape index (κ1) is 18.3. The van der Waals surface area contributed by atoms with E-state index in [-0.39, 0.29) is 6.04 Å². The van der Waals surface area contributed by atoms with E-state index in [2.05, 4.69) is 46.2 Å². The Kier molecular flexibility index (Phi) is 5.78. The molecule has 1 aromatic heterocycles. The molecule has 0 radical (unpaired) electrons. The van der Waals surface area contributed by atoms with Crippen LogP contribution in [0.1, 0.15) is 68.6 Å². The molecule has 0 aliphatic heterocycles. The van der Waals surface area contributed by atoms with E-state index < -0.39 is 0 Å². The maximum Gasteiger partial charge on any atom is 0.170 e. The molecule has 1 aromatic carbocycles. The van der Waals surface area contributed by atoms with Crippen LogP contribution in [0.15, 0.2) is 29.4 Å². The first-order valence-electron chi connectivity index (χ1n) is 9.23. The quantitative estimate of drug-likeness (QED) is 0.422. The standard InChI is InChI=1S/C19H26N6O/c1-13(2)15-5-4-6-17(11-15)26-12-18-22-23-19(25(18)3)14-7-9-16(10-8-14)21-24-20/h4-6,11,13-14,16H,7-10,12H2,1-3H3. The van der Waals surface area contributed by atoms with E-state index >= 15 is 0 Å². The van der Waals surface area contributed by atoms with E-state index in [0.717, 1.165) is 43.1 Å². The van der Waals surface area contributed by atoms with Gasteiger partial charge in [-0.2, -0.15) is 0 Å². The molecule has 3 rings (SSSR count). The highest BCUT2D eigenvalue weighted by Crippen LogP contribution is 2.33. The van der Waals surface area contributed by atoms with Crippen molar-refractivity contribution < 1.29 is 4.74 Å². The van der Waals surface area contributed by atoms with Gasteiger partial charge in [0.05, 0.1) is 0 Å². The van der Waals surface area contributed by atoms with Gasteiger partial charge in [0.2, 0.25) is 0 Å². The van der Waals surface area contributed by atoms with E-state index in [9.17, 15) is 0 Å². The van der Waals surface area contributed by atoms with E-state index in [1.54, 1.807) is 0 Å². The molecule has 138 valence electrons. The summed E-state index contributed by atoms with van der Waals surface area (Å²) in [7, 11) is 2.00. The largest absolute Gasteiger partial charge is 0.486 e. The van der Waals surface area contributed by atoms with Crippen molar-refractivity contribution in [2.75, 3.05) is 0 Å². The zero-order chi connectivity index (χ0) is 18.5. The summed E-state index contributed by atoms with van der Waals surface area (Å²) < 4.78 is 7.98. The van der Waals surface area contributed by atoms with Crippen LogP contribution in [0.4, 0.5) is 0 Å². The molecule has 1 fully saturated rings. The number of rotatable bonds is 6. The van der Waals surface area contributed by atoms with Gasteiger partial charge in [-0.25, -0.2) is 0 Å². The lowest BCUT2D eigenvalue weighted by Gasteiger charge is -2.24. The second-order valence-electron chi connectivity index (χ2n) is 7.26. The molecule has 0 saturated heterocycles. The van der Waals surface area contributed by atoms with Gasteiger partial charge in [0.25, 0.3) is 0 Å². The maximum absolute atomic E-state index is 8.57. The Labute approximate surface area is 154 Å². The lowest BCUT2D eigenvalue weighted by molar-refractivity contribution is 0.289. The molecule has 0 bridgehead atoms. The van der Waals surface area contributed by atoms with Crippen molar-refractivity contribution in [2.45, 2.75) is 64.0 Å². The lowest BCUT2D eigenvalue weighted by Crippen LogP contribution is -2.18. The number of ether oxygens (including phenoxy) is 1. The number of benzene rings is 1. The zero-order valence-corrected chi connectivity index (χ0v) is 15.7. The van der Waals surface area contributed by atoms with Crippen molar-refractivity contribution in [1.82, 2.24) is 14.8 Å². The van der Waals surface area contributed by atoms with E-state index in [0.29, 0.717) is 18.4 Å². The summed E-state index contributed by atoms with van der Waals surface area (Å²) in [4.78, 5) is 2.92. The average molecular weight is 354 g/mol. The summed E-state index contributed by atoms with van der Waals surface area (Å²) in [5.74, 6) is 3.53. The molecule has 7 nitrogen and oxygen atoms in total. The van der Waals surface area contributed by atoms with Crippen LogP contribution in [0, 0.1) is 0 Å². The minimum absolute atomic E-state index is 0.125. The van der Waals surface area contributed by atoms with E-state index in [1.807, 2.05) is 23.7 Å². The molecule has 2 aromatic rings. The van der Waals surface area contributed by atoms with Crippen LogP contribution in [0.25, 0.3) is 10.4 Å². The third kappa shape index (κ3) is 4.17. The molecule has 0 atom stereocenters. The molecule has 26 heavy (non-hydrogen) atoms. The van der Waals surface area contributed by atoms with E-state index in [1.165, 1.54) is 5.56 Å². The Morgan fingerprint density at radius 3 is 2.73 bits per heavy atom. The zero-order valence-electron chi connectivity index (χ0n) is 15.7. The monoisotopic (exact) mass is 354 g/mol. The Morgan fingerprint density at radius 2 is 2.04 bits per heavy atom. The van der Waals surface area contributed by atoms with Gasteiger partial charge in [0.15, 0.2) is 5.82 Å². The van der Waals surface area contributed by atoms with Crippen molar-refractivity contribution in [3.05, 3.63) is 51.9 Å². The first-order valence-corrected chi connectivity index (χ1v) is 9.23. The first-order chi connectivity index (χ1) is 12.6. The van der Waals surface area contributed by atoms with Gasteiger partial charge in [0.1, 0.15) is 18.2 Å². The number of hydrogen-bond acceptors (Lipinski definition) is 4. The summed E-state index contributed by atoms with van der Waals surface area (Å²) in [6.07, 6.45) is 3.78. The molecule has 0 spiro atoms. The van der Waals surface area contributed by atoms with Crippen LogP contribution in [0.2, 0.25) is 0 Å². The molecule has 7 heteroatoms. The van der Waals surface area contributed by atoms with Crippen molar-refractivity contribution in [3.63, 3.8) is 0 Å². The third-order valence-corrected chi connectivity index (χ3v) is 5.17. The molecule has 0 amide bonds. The summed E-state index contributed by atoms with van der Waals surface area (Å²) in [6.45, 7) is 4.74. The lowest BCUT2D eigenvalue weighted by atomic mass is 9.86. The fourth-order valence-electron chi connectivity index (χ4n) is 3.49. The summed E-state index contributed by atoms with van der Waals surface area (Å²) in [6, 6.07) is 8.32. The maximum atomic E-state index is 8.57. The van der Waals surface area contributed by atoms with Gasteiger partial charge in [0, 0.05) is 23.9 Å². The Morgan fingerprint density at radius 1 is 1.27 bits per heavy atom. The number of hydrogen-bond donors (Lipinski definition) is 0. The fourth-order valence-corrected chi connectivity index (χ4v) is 3.49. The van der Waals surface area contributed by atoms with Gasteiger partial charge in [-0.15, -0.1) is 10.2 Å². The minimum atomic E-state index is 0.125. The van der Waals surface area contributed by atoms with Crippen LogP contribution in [0.3, 0.4) is 0 Å². The molecular weight excluding hydrogens is 328 g/mol. The van der Waals surface area contributed by atoms with Gasteiger partial charge < -0.3 is 9.30 Å². The Hall–Kier alpha value is -2.53. The summed E-state index contributed by atoms with van der Waals surface area (Å²) >= 11 is 0.